The van der Waals surface area contributed by atoms with Crippen molar-refractivity contribution < 1.29 is 0 Å². The summed E-state index contributed by atoms with van der Waals surface area (Å²) in [6, 6.07) is 0. The van der Waals surface area contributed by atoms with Crippen LogP contribution in [0.1, 0.15) is 76.9 Å². The number of H-pyrrole nitrogens is 1. The Morgan fingerprint density at radius 3 is 1.87 bits per heavy atom. The van der Waals surface area contributed by atoms with Crippen LogP contribution in [0.25, 0.3) is 22.3 Å². The molecule has 0 fully saturated rings. The van der Waals surface area contributed by atoms with E-state index >= 15 is 0 Å². The maximum atomic E-state index is 11.5. The molecule has 9 N–H and O–H groups in total. The highest BCUT2D eigenvalue weighted by Gasteiger charge is 2.15. The van der Waals surface area contributed by atoms with Crippen molar-refractivity contribution >= 4 is 34.0 Å². The van der Waals surface area contributed by atoms with Gasteiger partial charge in [-0.2, -0.15) is 4.98 Å². The normalized spacial score (nSPS) is 11.3. The first-order valence-electron chi connectivity index (χ1n) is 14.1. The second kappa shape index (κ2) is 15.1. The van der Waals surface area contributed by atoms with Gasteiger partial charge in [-0.15, -0.1) is 0 Å². The highest BCUT2D eigenvalue weighted by Crippen LogP contribution is 2.20. The summed E-state index contributed by atoms with van der Waals surface area (Å²) < 4.78 is 4.17. The number of anilines is 2. The Balaban J connectivity index is 0.000000216. The molecule has 4 rings (SSSR count). The van der Waals surface area contributed by atoms with Gasteiger partial charge in [-0.1, -0.05) is 26.7 Å². The highest BCUT2D eigenvalue weighted by molar-refractivity contribution is 5.82. The molecule has 0 aromatic carbocycles. The van der Waals surface area contributed by atoms with Crippen molar-refractivity contribution in [2.24, 2.45) is 11.5 Å². The van der Waals surface area contributed by atoms with E-state index in [0.717, 1.165) is 100 Å². The van der Waals surface area contributed by atoms with Crippen LogP contribution in [0.2, 0.25) is 0 Å². The third-order valence-electron chi connectivity index (χ3n) is 6.54. The number of aromatic nitrogens is 8. The predicted molar refractivity (Wildman–Crippen MR) is 156 cm³/mol. The van der Waals surface area contributed by atoms with Crippen LogP contribution < -0.4 is 28.6 Å². The molecule has 214 valence electrons. The summed E-state index contributed by atoms with van der Waals surface area (Å²) in [5, 5.41) is 0. The summed E-state index contributed by atoms with van der Waals surface area (Å²) in [7, 11) is 0. The molecule has 0 saturated heterocycles. The van der Waals surface area contributed by atoms with Crippen molar-refractivity contribution in [1.29, 1.82) is 0 Å². The van der Waals surface area contributed by atoms with Crippen molar-refractivity contribution in [3.05, 3.63) is 28.5 Å². The number of fused-ring (bicyclic) bond motifs is 2. The molecular formula is C26H44N12O. The largest absolute Gasteiger partial charge is 0.383 e. The topological polar surface area (TPSA) is 211 Å². The van der Waals surface area contributed by atoms with E-state index < -0.39 is 5.69 Å². The minimum Gasteiger partial charge on any atom is -0.383 e. The Labute approximate surface area is 228 Å². The number of imidazole rings is 2. The number of aromatic amines is 1. The smallest absolute Gasteiger partial charge is 0.348 e. The maximum Gasteiger partial charge on any atom is 0.348 e. The highest BCUT2D eigenvalue weighted by atomic mass is 16.1. The minimum atomic E-state index is -0.433. The average molecular weight is 541 g/mol. The van der Waals surface area contributed by atoms with Crippen LogP contribution in [-0.4, -0.2) is 52.1 Å². The number of nitrogens with one attached hydrogen (secondary N) is 1. The van der Waals surface area contributed by atoms with E-state index in [2.05, 4.69) is 48.3 Å². The average Bonchev–Trinajstić information content (AvgIpc) is 3.46. The monoisotopic (exact) mass is 540 g/mol. The van der Waals surface area contributed by atoms with Crippen LogP contribution in [0.15, 0.2) is 11.1 Å². The van der Waals surface area contributed by atoms with Gasteiger partial charge in [0.1, 0.15) is 29.3 Å². The first kappa shape index (κ1) is 30.0. The number of hydrogen-bond acceptors (Lipinski definition) is 10. The van der Waals surface area contributed by atoms with Gasteiger partial charge in [0.2, 0.25) is 0 Å². The van der Waals surface area contributed by atoms with E-state index in [4.69, 9.17) is 22.9 Å². The lowest BCUT2D eigenvalue weighted by atomic mass is 10.2. The second-order valence-corrected chi connectivity index (χ2v) is 9.62. The van der Waals surface area contributed by atoms with Gasteiger partial charge in [0.25, 0.3) is 0 Å². The first-order chi connectivity index (χ1) is 18.9. The zero-order valence-corrected chi connectivity index (χ0v) is 23.3. The fourth-order valence-electron chi connectivity index (χ4n) is 4.43. The molecule has 4 aromatic heterocycles. The molecule has 0 bridgehead atoms. The van der Waals surface area contributed by atoms with Gasteiger partial charge >= 0.3 is 5.69 Å². The van der Waals surface area contributed by atoms with Gasteiger partial charge in [0.05, 0.1) is 0 Å². The lowest BCUT2D eigenvalue weighted by Gasteiger charge is -2.07. The summed E-state index contributed by atoms with van der Waals surface area (Å²) in [6.45, 7) is 7.35. The summed E-state index contributed by atoms with van der Waals surface area (Å²) in [6.07, 6.45) is 11.6. The number of nitrogens with two attached hydrogens (primary N) is 4. The third-order valence-corrected chi connectivity index (χ3v) is 6.54. The Hall–Kier alpha value is -3.58. The summed E-state index contributed by atoms with van der Waals surface area (Å²) in [5.74, 6) is 2.74. The number of rotatable bonds is 14. The van der Waals surface area contributed by atoms with Crippen LogP contribution in [0.5, 0.6) is 0 Å². The minimum absolute atomic E-state index is 0.287. The molecule has 0 aliphatic heterocycles. The van der Waals surface area contributed by atoms with E-state index in [0.29, 0.717) is 30.1 Å². The third kappa shape index (κ3) is 7.73. The Morgan fingerprint density at radius 1 is 0.744 bits per heavy atom. The zero-order chi connectivity index (χ0) is 28.2. The van der Waals surface area contributed by atoms with E-state index in [1.54, 1.807) is 0 Å². The van der Waals surface area contributed by atoms with E-state index in [-0.39, 0.29) is 5.82 Å². The molecule has 0 amide bonds. The van der Waals surface area contributed by atoms with Crippen molar-refractivity contribution in [3.63, 3.8) is 0 Å². The number of aryl methyl sites for hydroxylation is 4. The first-order valence-corrected chi connectivity index (χ1v) is 14.1. The summed E-state index contributed by atoms with van der Waals surface area (Å²) in [5.41, 5.74) is 25.1. The number of nitrogens with zero attached hydrogens (tertiary/aromatic N) is 7. The van der Waals surface area contributed by atoms with Crippen LogP contribution in [0.4, 0.5) is 11.6 Å². The lowest BCUT2D eigenvalue weighted by Crippen LogP contribution is -2.15. The standard InChI is InChI=1S/C13H22N6O.C13H22N6/c1-2-3-6-9-16-10-11(15)17-13(20)18-12(10)19(9)8-5-4-7-14;1-2-3-6-10-18-11-12(15)16-9-17-13(11)19(10)8-5-4-7-14/h2-8,14H2,1H3,(H3,15,17,18,20);9H,2-8,14H2,1H3,(H2,15,16,17). The Morgan fingerprint density at radius 2 is 1.31 bits per heavy atom. The lowest BCUT2D eigenvalue weighted by molar-refractivity contribution is 0.589. The van der Waals surface area contributed by atoms with Gasteiger partial charge in [-0.25, -0.2) is 24.7 Å². The van der Waals surface area contributed by atoms with Crippen molar-refractivity contribution in [3.8, 4) is 0 Å². The Kier molecular flexibility index (Phi) is 11.6. The molecule has 13 heteroatoms. The van der Waals surface area contributed by atoms with Gasteiger partial charge in [-0.05, 0) is 51.6 Å². The molecule has 39 heavy (non-hydrogen) atoms. The molecule has 0 saturated carbocycles. The molecule has 13 nitrogen and oxygen atoms in total. The van der Waals surface area contributed by atoms with Crippen molar-refractivity contribution in [2.75, 3.05) is 24.6 Å². The van der Waals surface area contributed by atoms with E-state index in [1.807, 2.05) is 4.57 Å². The van der Waals surface area contributed by atoms with E-state index in [1.165, 1.54) is 6.33 Å². The van der Waals surface area contributed by atoms with Gasteiger partial charge < -0.3 is 32.1 Å². The van der Waals surface area contributed by atoms with Crippen LogP contribution >= 0.6 is 0 Å². The molecular weight excluding hydrogens is 496 g/mol. The molecule has 0 radical (unpaired) electrons. The molecule has 4 aromatic rings. The number of nitrogen functional groups attached to an aromatic ring is 2. The maximum absolute atomic E-state index is 11.5. The predicted octanol–water partition coefficient (Wildman–Crippen LogP) is 2.27. The van der Waals surface area contributed by atoms with Crippen LogP contribution in [0.3, 0.4) is 0 Å². The van der Waals surface area contributed by atoms with Gasteiger partial charge in [-0.3, -0.25) is 4.98 Å². The molecule has 0 aliphatic carbocycles. The van der Waals surface area contributed by atoms with Crippen LogP contribution in [0, 0.1) is 0 Å². The number of unbranched alkanes of at least 4 members (excludes halogenated alkanes) is 4. The summed E-state index contributed by atoms with van der Waals surface area (Å²) >= 11 is 0. The second-order valence-electron chi connectivity index (χ2n) is 9.62. The molecule has 0 spiro atoms. The molecule has 4 heterocycles. The fraction of sp³-hybridized carbons (Fsp3) is 0.615. The number of hydrogen-bond donors (Lipinski definition) is 5. The van der Waals surface area contributed by atoms with Crippen molar-refractivity contribution in [2.45, 2.75) is 91.1 Å². The SMILES string of the molecule is CCCCc1nc2c(N)[nH]c(=O)nc2n1CCCCN.CCCCc1nc2c(N)ncnc2n1CCCCN. The van der Waals surface area contributed by atoms with Gasteiger partial charge in [0.15, 0.2) is 22.6 Å². The zero-order valence-electron chi connectivity index (χ0n) is 23.3. The molecule has 0 unspecified atom stereocenters. The molecule has 0 atom stereocenters. The molecule has 0 aliphatic rings. The van der Waals surface area contributed by atoms with Crippen molar-refractivity contribution in [1.82, 2.24) is 39.0 Å². The fourth-order valence-corrected chi connectivity index (χ4v) is 4.43. The quantitative estimate of drug-likeness (QED) is 0.147. The summed E-state index contributed by atoms with van der Waals surface area (Å²) in [4.78, 5) is 35.5. The van der Waals surface area contributed by atoms with Crippen LogP contribution in [-0.2, 0) is 25.9 Å². The van der Waals surface area contributed by atoms with Gasteiger partial charge in [0, 0.05) is 25.9 Å². The van der Waals surface area contributed by atoms with E-state index in [9.17, 15) is 4.79 Å². The Bertz CT molecular complexity index is 1370.